The van der Waals surface area contributed by atoms with Crippen molar-refractivity contribution in [2.45, 2.75) is 18.9 Å². The summed E-state index contributed by atoms with van der Waals surface area (Å²) in [5.74, 6) is -0.0882. The van der Waals surface area contributed by atoms with Gasteiger partial charge in [-0.15, -0.1) is 11.3 Å². The minimum absolute atomic E-state index is 0.0714. The summed E-state index contributed by atoms with van der Waals surface area (Å²) in [6.07, 6.45) is 3.01. The van der Waals surface area contributed by atoms with Crippen LogP contribution in [0, 0.1) is 0 Å². The van der Waals surface area contributed by atoms with Gasteiger partial charge in [0.05, 0.1) is 16.9 Å². The van der Waals surface area contributed by atoms with Gasteiger partial charge in [0.1, 0.15) is 11.8 Å². The summed E-state index contributed by atoms with van der Waals surface area (Å²) in [7, 11) is 1.57. The molecule has 1 atom stereocenters. The highest BCUT2D eigenvalue weighted by Crippen LogP contribution is 2.32. The molecule has 0 saturated carbocycles. The summed E-state index contributed by atoms with van der Waals surface area (Å²) in [4.78, 5) is 54.0. The third-order valence-corrected chi connectivity index (χ3v) is 7.24. The fourth-order valence-electron chi connectivity index (χ4n) is 3.78. The first-order valence-corrected chi connectivity index (χ1v) is 12.2. The van der Waals surface area contributed by atoms with Crippen LogP contribution < -0.4 is 10.1 Å². The van der Waals surface area contributed by atoms with E-state index in [0.717, 1.165) is 28.6 Å². The molecule has 33 heavy (non-hydrogen) atoms. The highest BCUT2D eigenvalue weighted by atomic mass is 32.2. The van der Waals surface area contributed by atoms with Crippen molar-refractivity contribution >= 4 is 52.1 Å². The van der Waals surface area contributed by atoms with E-state index in [9.17, 15) is 19.2 Å². The first-order chi connectivity index (χ1) is 16.0. The summed E-state index contributed by atoms with van der Waals surface area (Å²) < 4.78 is 5.12. The maximum atomic E-state index is 12.7. The molecule has 2 aliphatic rings. The topological polar surface area (TPSA) is 96.0 Å². The summed E-state index contributed by atoms with van der Waals surface area (Å²) in [5, 5.41) is 4.24. The smallest absolute Gasteiger partial charge is 0.293 e. The Balaban J connectivity index is 1.32. The molecule has 172 valence electrons. The molecule has 0 bridgehead atoms. The van der Waals surface area contributed by atoms with Crippen LogP contribution in [0.15, 0.2) is 46.7 Å². The number of carbonyl (C=O) groups excluding carboxylic acids is 4. The van der Waals surface area contributed by atoms with E-state index < -0.39 is 6.04 Å². The Kier molecular flexibility index (Phi) is 7.14. The number of ether oxygens (including phenoxy) is 1. The molecule has 0 radical (unpaired) electrons. The van der Waals surface area contributed by atoms with Crippen LogP contribution in [0.5, 0.6) is 5.75 Å². The van der Waals surface area contributed by atoms with Crippen LogP contribution in [0.2, 0.25) is 0 Å². The molecule has 0 spiro atoms. The molecule has 2 saturated heterocycles. The molecule has 0 aliphatic carbocycles. The van der Waals surface area contributed by atoms with E-state index in [4.69, 9.17) is 4.74 Å². The third-order valence-electron chi connectivity index (χ3n) is 5.47. The summed E-state index contributed by atoms with van der Waals surface area (Å²) in [5.41, 5.74) is 0.784. The monoisotopic (exact) mass is 485 g/mol. The van der Waals surface area contributed by atoms with E-state index in [1.807, 2.05) is 11.4 Å². The number of thioether (sulfide) groups is 1. The van der Waals surface area contributed by atoms with Gasteiger partial charge in [-0.05, 0) is 59.8 Å². The summed E-state index contributed by atoms with van der Waals surface area (Å²) >= 11 is 2.23. The predicted octanol–water partition coefficient (Wildman–Crippen LogP) is 3.21. The van der Waals surface area contributed by atoms with Crippen molar-refractivity contribution < 1.29 is 23.9 Å². The Hall–Kier alpha value is -3.11. The summed E-state index contributed by atoms with van der Waals surface area (Å²) in [6.45, 7) is 0.736. The molecular weight excluding hydrogens is 462 g/mol. The Bertz CT molecular complexity index is 1080. The zero-order chi connectivity index (χ0) is 23.4. The van der Waals surface area contributed by atoms with Crippen molar-refractivity contribution in [3.05, 3.63) is 57.1 Å². The van der Waals surface area contributed by atoms with E-state index in [1.165, 1.54) is 11.3 Å². The van der Waals surface area contributed by atoms with Gasteiger partial charge in [-0.2, -0.15) is 0 Å². The van der Waals surface area contributed by atoms with Crippen LogP contribution in [0.4, 0.5) is 4.79 Å². The maximum absolute atomic E-state index is 12.7. The van der Waals surface area contributed by atoms with Gasteiger partial charge in [-0.25, -0.2) is 0 Å². The van der Waals surface area contributed by atoms with Crippen LogP contribution in [0.1, 0.15) is 28.1 Å². The molecule has 4 amide bonds. The molecule has 8 nitrogen and oxygen atoms in total. The Morgan fingerprint density at radius 3 is 2.70 bits per heavy atom. The minimum atomic E-state index is -0.538. The number of thiophene rings is 1. The normalized spacial score (nSPS) is 19.4. The van der Waals surface area contributed by atoms with Crippen LogP contribution in [0.3, 0.4) is 0 Å². The molecule has 4 rings (SSSR count). The molecular formula is C23H23N3O5S2. The quantitative estimate of drug-likeness (QED) is 0.605. The van der Waals surface area contributed by atoms with Crippen LogP contribution >= 0.6 is 23.1 Å². The SMILES string of the molecule is COc1ccc(/C=C2/SC(=O)N(CCNC(=O)[C@@H]3CCCN3C(=O)c3cccs3)C2=O)cc1. The largest absolute Gasteiger partial charge is 0.497 e. The van der Waals surface area contributed by atoms with Gasteiger partial charge >= 0.3 is 0 Å². The van der Waals surface area contributed by atoms with Crippen molar-refractivity contribution in [2.24, 2.45) is 0 Å². The fourth-order valence-corrected chi connectivity index (χ4v) is 5.32. The van der Waals surface area contributed by atoms with E-state index in [1.54, 1.807) is 48.4 Å². The minimum Gasteiger partial charge on any atom is -0.497 e. The number of likely N-dealkylation sites (tertiary alicyclic amines) is 1. The van der Waals surface area contributed by atoms with Gasteiger partial charge in [-0.3, -0.25) is 24.1 Å². The molecule has 1 N–H and O–H groups in total. The molecule has 2 fully saturated rings. The number of methoxy groups -OCH3 is 1. The van der Waals surface area contributed by atoms with E-state index in [2.05, 4.69) is 5.32 Å². The van der Waals surface area contributed by atoms with E-state index in [-0.39, 0.29) is 36.1 Å². The average Bonchev–Trinajstić information content (AvgIpc) is 3.57. The molecule has 3 heterocycles. The van der Waals surface area contributed by atoms with Crippen molar-refractivity contribution in [2.75, 3.05) is 26.7 Å². The number of amides is 4. The number of hydrogen-bond donors (Lipinski definition) is 1. The second kappa shape index (κ2) is 10.2. The average molecular weight is 486 g/mol. The standard InChI is InChI=1S/C23H23N3O5S2/c1-31-16-8-6-15(7-9-16)14-19-22(29)26(23(30)33-19)12-10-24-20(27)17-4-2-11-25(17)21(28)18-5-3-13-32-18/h3,5-9,13-14,17H,2,4,10-12H2,1H3,(H,24,27)/b19-14+/t17-/m0/s1. The van der Waals surface area contributed by atoms with Gasteiger partial charge in [0, 0.05) is 19.6 Å². The first-order valence-electron chi connectivity index (χ1n) is 10.5. The second-order valence-corrected chi connectivity index (χ2v) is 9.47. The van der Waals surface area contributed by atoms with Crippen LogP contribution in [-0.2, 0) is 9.59 Å². The van der Waals surface area contributed by atoms with Crippen molar-refractivity contribution in [3.8, 4) is 5.75 Å². The Morgan fingerprint density at radius 2 is 2.00 bits per heavy atom. The van der Waals surface area contributed by atoms with Gasteiger partial charge < -0.3 is 15.0 Å². The number of nitrogens with one attached hydrogen (secondary N) is 1. The number of imide groups is 1. The van der Waals surface area contributed by atoms with Gasteiger partial charge in [0.2, 0.25) is 5.91 Å². The lowest BCUT2D eigenvalue weighted by Gasteiger charge is -2.23. The highest BCUT2D eigenvalue weighted by Gasteiger charge is 2.36. The number of benzene rings is 1. The number of carbonyl (C=O) groups is 4. The molecule has 2 aliphatic heterocycles. The molecule has 2 aromatic rings. The number of nitrogens with zero attached hydrogens (tertiary/aromatic N) is 2. The lowest BCUT2D eigenvalue weighted by Crippen LogP contribution is -2.47. The number of hydrogen-bond acceptors (Lipinski definition) is 7. The van der Waals surface area contributed by atoms with E-state index in [0.29, 0.717) is 28.5 Å². The van der Waals surface area contributed by atoms with Crippen molar-refractivity contribution in [1.29, 1.82) is 0 Å². The Labute approximate surface area is 199 Å². The van der Waals surface area contributed by atoms with E-state index >= 15 is 0 Å². The molecule has 1 aromatic heterocycles. The van der Waals surface area contributed by atoms with Crippen molar-refractivity contribution in [3.63, 3.8) is 0 Å². The molecule has 10 heteroatoms. The second-order valence-electron chi connectivity index (χ2n) is 7.53. The number of rotatable bonds is 7. The maximum Gasteiger partial charge on any atom is 0.293 e. The third kappa shape index (κ3) is 5.12. The van der Waals surface area contributed by atoms with Gasteiger partial charge in [0.15, 0.2) is 0 Å². The van der Waals surface area contributed by atoms with Gasteiger partial charge in [0.25, 0.3) is 17.1 Å². The zero-order valence-electron chi connectivity index (χ0n) is 18.0. The fraction of sp³-hybridized carbons (Fsp3) is 0.304. The Morgan fingerprint density at radius 1 is 1.21 bits per heavy atom. The zero-order valence-corrected chi connectivity index (χ0v) is 19.6. The highest BCUT2D eigenvalue weighted by molar-refractivity contribution is 8.18. The van der Waals surface area contributed by atoms with Crippen molar-refractivity contribution in [1.82, 2.24) is 15.1 Å². The molecule has 0 unspecified atom stereocenters. The van der Waals surface area contributed by atoms with Gasteiger partial charge in [-0.1, -0.05) is 18.2 Å². The molecule has 1 aromatic carbocycles. The lowest BCUT2D eigenvalue weighted by molar-refractivity contribution is -0.126. The predicted molar refractivity (Wildman–Crippen MR) is 127 cm³/mol. The van der Waals surface area contributed by atoms with Crippen LogP contribution in [-0.4, -0.2) is 65.5 Å². The lowest BCUT2D eigenvalue weighted by atomic mass is 10.2. The summed E-state index contributed by atoms with van der Waals surface area (Å²) in [6, 6.07) is 10.2. The van der Waals surface area contributed by atoms with Crippen LogP contribution in [0.25, 0.3) is 6.08 Å². The first kappa shape index (κ1) is 23.1.